The summed E-state index contributed by atoms with van der Waals surface area (Å²) < 4.78 is 0. The van der Waals surface area contributed by atoms with Gasteiger partial charge in [0.25, 0.3) is 0 Å². The van der Waals surface area contributed by atoms with Crippen LogP contribution in [0.5, 0.6) is 0 Å². The molecule has 2 heterocycles. The van der Waals surface area contributed by atoms with Crippen LogP contribution in [0.3, 0.4) is 0 Å². The number of hydrogen-bond donors (Lipinski definition) is 1. The summed E-state index contributed by atoms with van der Waals surface area (Å²) in [4.78, 5) is 9.13. The summed E-state index contributed by atoms with van der Waals surface area (Å²) in [6.45, 7) is 5.79. The zero-order valence-corrected chi connectivity index (χ0v) is 11.9. The molecule has 0 saturated carbocycles. The van der Waals surface area contributed by atoms with Gasteiger partial charge in [0.15, 0.2) is 0 Å². The molecule has 18 heavy (non-hydrogen) atoms. The SMILES string of the molecule is CC(C(N)=S)N1CCN(c2ccncc2Cl)CC1. The van der Waals surface area contributed by atoms with Crippen molar-refractivity contribution in [1.82, 2.24) is 9.88 Å². The Labute approximate surface area is 118 Å². The van der Waals surface area contributed by atoms with Crippen molar-refractivity contribution < 1.29 is 0 Å². The van der Waals surface area contributed by atoms with Crippen LogP contribution in [0.4, 0.5) is 5.69 Å². The molecule has 0 aliphatic carbocycles. The van der Waals surface area contributed by atoms with Gasteiger partial charge in [0.2, 0.25) is 0 Å². The lowest BCUT2D eigenvalue weighted by molar-refractivity contribution is 0.239. The van der Waals surface area contributed by atoms with Crippen LogP contribution in [0.1, 0.15) is 6.92 Å². The zero-order valence-electron chi connectivity index (χ0n) is 10.3. The Morgan fingerprint density at radius 1 is 1.44 bits per heavy atom. The Bertz CT molecular complexity index is 432. The molecular formula is C12H17ClN4S. The molecule has 1 aromatic rings. The second kappa shape index (κ2) is 5.82. The van der Waals surface area contributed by atoms with Gasteiger partial charge in [-0.25, -0.2) is 0 Å². The third-order valence-corrected chi connectivity index (χ3v) is 4.00. The maximum Gasteiger partial charge on any atom is 0.0899 e. The fourth-order valence-corrected chi connectivity index (χ4v) is 2.54. The minimum Gasteiger partial charge on any atom is -0.392 e. The van der Waals surface area contributed by atoms with E-state index in [0.29, 0.717) is 10.0 Å². The molecule has 2 N–H and O–H groups in total. The highest BCUT2D eigenvalue weighted by Gasteiger charge is 2.23. The number of halogens is 1. The molecule has 1 saturated heterocycles. The number of nitrogens with zero attached hydrogens (tertiary/aromatic N) is 3. The minimum absolute atomic E-state index is 0.162. The first kappa shape index (κ1) is 13.5. The van der Waals surface area contributed by atoms with Gasteiger partial charge >= 0.3 is 0 Å². The van der Waals surface area contributed by atoms with Gasteiger partial charge in [0.1, 0.15) is 0 Å². The Morgan fingerprint density at radius 2 is 2.11 bits per heavy atom. The van der Waals surface area contributed by atoms with Gasteiger partial charge in [-0.05, 0) is 13.0 Å². The van der Waals surface area contributed by atoms with Crippen LogP contribution in [-0.2, 0) is 0 Å². The zero-order chi connectivity index (χ0) is 13.1. The van der Waals surface area contributed by atoms with Gasteiger partial charge in [0, 0.05) is 38.6 Å². The molecule has 0 aromatic carbocycles. The largest absolute Gasteiger partial charge is 0.392 e. The molecule has 2 rings (SSSR count). The Hall–Kier alpha value is -0.910. The maximum atomic E-state index is 6.15. The summed E-state index contributed by atoms with van der Waals surface area (Å²) in [5.41, 5.74) is 6.73. The van der Waals surface area contributed by atoms with E-state index >= 15 is 0 Å². The summed E-state index contributed by atoms with van der Waals surface area (Å²) in [5.74, 6) is 0. The van der Waals surface area contributed by atoms with Crippen LogP contribution in [0.15, 0.2) is 18.5 Å². The monoisotopic (exact) mass is 284 g/mol. The number of nitrogens with two attached hydrogens (primary N) is 1. The lowest BCUT2D eigenvalue weighted by atomic mass is 10.2. The fourth-order valence-electron chi connectivity index (χ4n) is 2.15. The van der Waals surface area contributed by atoms with Crippen molar-refractivity contribution in [3.8, 4) is 0 Å². The third-order valence-electron chi connectivity index (χ3n) is 3.37. The van der Waals surface area contributed by atoms with E-state index in [0.717, 1.165) is 31.9 Å². The molecule has 4 nitrogen and oxygen atoms in total. The first-order valence-electron chi connectivity index (χ1n) is 5.97. The summed E-state index contributed by atoms with van der Waals surface area (Å²) in [7, 11) is 0. The molecule has 6 heteroatoms. The van der Waals surface area contributed by atoms with Gasteiger partial charge in [0.05, 0.1) is 21.7 Å². The number of anilines is 1. The number of hydrogen-bond acceptors (Lipinski definition) is 4. The molecule has 1 aliphatic rings. The van der Waals surface area contributed by atoms with E-state index in [1.807, 2.05) is 6.07 Å². The molecule has 0 spiro atoms. The fraction of sp³-hybridized carbons (Fsp3) is 0.500. The highest BCUT2D eigenvalue weighted by Crippen LogP contribution is 2.25. The van der Waals surface area contributed by atoms with E-state index in [4.69, 9.17) is 29.6 Å². The number of pyridine rings is 1. The van der Waals surface area contributed by atoms with Crippen molar-refractivity contribution in [2.24, 2.45) is 5.73 Å². The molecule has 0 bridgehead atoms. The number of aromatic nitrogens is 1. The highest BCUT2D eigenvalue weighted by molar-refractivity contribution is 7.80. The first-order chi connectivity index (χ1) is 8.59. The number of rotatable bonds is 3. The summed E-state index contributed by atoms with van der Waals surface area (Å²) in [6.07, 6.45) is 3.45. The van der Waals surface area contributed by atoms with Crippen molar-refractivity contribution in [3.05, 3.63) is 23.5 Å². The van der Waals surface area contributed by atoms with E-state index in [9.17, 15) is 0 Å². The van der Waals surface area contributed by atoms with Crippen LogP contribution in [0, 0.1) is 0 Å². The number of thiocarbonyl (C=S) groups is 1. The molecule has 0 radical (unpaired) electrons. The molecule has 0 amide bonds. The summed E-state index contributed by atoms with van der Waals surface area (Å²) >= 11 is 11.2. The van der Waals surface area contributed by atoms with Crippen LogP contribution in [0.2, 0.25) is 5.02 Å². The van der Waals surface area contributed by atoms with Gasteiger partial charge in [-0.15, -0.1) is 0 Å². The molecule has 1 fully saturated rings. The summed E-state index contributed by atoms with van der Waals surface area (Å²) in [5, 5.41) is 0.702. The van der Waals surface area contributed by atoms with Crippen LogP contribution in [0.25, 0.3) is 0 Å². The molecule has 1 atom stereocenters. The second-order valence-electron chi connectivity index (χ2n) is 4.43. The molecule has 1 aromatic heterocycles. The van der Waals surface area contributed by atoms with Gasteiger partial charge in [-0.3, -0.25) is 9.88 Å². The van der Waals surface area contributed by atoms with Crippen molar-refractivity contribution in [2.45, 2.75) is 13.0 Å². The van der Waals surface area contributed by atoms with E-state index in [-0.39, 0.29) is 6.04 Å². The molecule has 98 valence electrons. The lowest BCUT2D eigenvalue weighted by Gasteiger charge is -2.38. The van der Waals surface area contributed by atoms with Gasteiger partial charge in [-0.2, -0.15) is 0 Å². The van der Waals surface area contributed by atoms with Gasteiger partial charge in [-0.1, -0.05) is 23.8 Å². The quantitative estimate of drug-likeness (QED) is 0.853. The maximum absolute atomic E-state index is 6.15. The van der Waals surface area contributed by atoms with Crippen molar-refractivity contribution >= 4 is 34.5 Å². The van der Waals surface area contributed by atoms with Crippen LogP contribution >= 0.6 is 23.8 Å². The Morgan fingerprint density at radius 3 is 2.67 bits per heavy atom. The van der Waals surface area contributed by atoms with Crippen molar-refractivity contribution in [1.29, 1.82) is 0 Å². The third kappa shape index (κ3) is 2.91. The molecular weight excluding hydrogens is 268 g/mol. The Kier molecular flexibility index (Phi) is 4.37. The van der Waals surface area contributed by atoms with E-state index in [1.54, 1.807) is 12.4 Å². The predicted octanol–water partition coefficient (Wildman–Crippen LogP) is 1.53. The average Bonchev–Trinajstić information content (AvgIpc) is 2.38. The Balaban J connectivity index is 1.99. The van der Waals surface area contributed by atoms with Crippen LogP contribution in [-0.4, -0.2) is 47.1 Å². The predicted molar refractivity (Wildman–Crippen MR) is 79.3 cm³/mol. The second-order valence-corrected chi connectivity index (χ2v) is 5.31. The smallest absolute Gasteiger partial charge is 0.0899 e. The standard InChI is InChI=1S/C12H17ClN4S/c1-9(12(14)18)16-4-6-17(7-5-16)11-2-3-15-8-10(11)13/h2-3,8-9H,4-7H2,1H3,(H2,14,18). The average molecular weight is 285 g/mol. The lowest BCUT2D eigenvalue weighted by Crippen LogP contribution is -2.52. The van der Waals surface area contributed by atoms with Gasteiger partial charge < -0.3 is 10.6 Å². The molecule has 1 unspecified atom stereocenters. The van der Waals surface area contributed by atoms with Crippen molar-refractivity contribution in [3.63, 3.8) is 0 Å². The normalized spacial score (nSPS) is 18.7. The highest BCUT2D eigenvalue weighted by atomic mass is 35.5. The first-order valence-corrected chi connectivity index (χ1v) is 6.76. The topological polar surface area (TPSA) is 45.4 Å². The number of piperazine rings is 1. The van der Waals surface area contributed by atoms with Crippen molar-refractivity contribution in [2.75, 3.05) is 31.1 Å². The summed E-state index contributed by atoms with van der Waals surface area (Å²) in [6, 6.07) is 2.12. The van der Waals surface area contributed by atoms with E-state index in [1.165, 1.54) is 0 Å². The molecule has 1 aliphatic heterocycles. The van der Waals surface area contributed by atoms with E-state index in [2.05, 4.69) is 21.7 Å². The van der Waals surface area contributed by atoms with Crippen LogP contribution < -0.4 is 10.6 Å². The minimum atomic E-state index is 0.162. The van der Waals surface area contributed by atoms with E-state index < -0.39 is 0 Å².